The average Bonchev–Trinajstić information content (AvgIpc) is 2.84. The smallest absolute Gasteiger partial charge is 0.417 e. The molecule has 1 aliphatic rings. The molecule has 1 amide bonds. The topological polar surface area (TPSA) is 91.3 Å². The van der Waals surface area contributed by atoms with Crippen LogP contribution in [0.25, 0.3) is 0 Å². The van der Waals surface area contributed by atoms with Crippen LogP contribution in [0.2, 0.25) is 0 Å². The number of piperidine rings is 1. The first-order valence-corrected chi connectivity index (χ1v) is 11.0. The predicted octanol–water partition coefficient (Wildman–Crippen LogP) is 4.37. The molecular weight excluding hydrogens is 420 g/mol. The Labute approximate surface area is 193 Å². The first-order valence-electron chi connectivity index (χ1n) is 11.0. The fraction of sp³-hybridized carbons (Fsp3) is 0.269. The molecule has 0 atom stereocenters. The minimum atomic E-state index is -0.747. The van der Waals surface area contributed by atoms with Gasteiger partial charge in [0.1, 0.15) is 23.9 Å². The van der Waals surface area contributed by atoms with Crippen LogP contribution < -0.4 is 14.8 Å². The largest absolute Gasteiger partial charge is 0.508 e. The van der Waals surface area contributed by atoms with Crippen molar-refractivity contribution < 1.29 is 24.5 Å². The van der Waals surface area contributed by atoms with Crippen LogP contribution in [0.15, 0.2) is 78.9 Å². The van der Waals surface area contributed by atoms with E-state index >= 15 is 0 Å². The lowest BCUT2D eigenvalue weighted by molar-refractivity contribution is -0.0278. The number of nitrogens with zero attached hydrogens (tertiary/aromatic N) is 1. The highest BCUT2D eigenvalue weighted by Crippen LogP contribution is 2.32. The summed E-state index contributed by atoms with van der Waals surface area (Å²) in [7, 11) is 0. The highest BCUT2D eigenvalue weighted by atomic mass is 16.6. The molecule has 7 heteroatoms. The Balaban J connectivity index is 1.18. The number of anilines is 1. The fourth-order valence-corrected chi connectivity index (χ4v) is 3.88. The molecule has 0 radical (unpaired) electrons. The summed E-state index contributed by atoms with van der Waals surface area (Å²) in [6.45, 7) is 2.94. The second-order valence-electron chi connectivity index (χ2n) is 8.12. The maximum Gasteiger partial charge on any atom is 0.417 e. The number of carbonyl (C=O) groups is 1. The molecule has 1 saturated heterocycles. The number of likely N-dealkylation sites (tertiary alicyclic amines) is 1. The second kappa shape index (κ2) is 10.4. The van der Waals surface area contributed by atoms with Crippen molar-refractivity contribution >= 4 is 11.8 Å². The minimum Gasteiger partial charge on any atom is -0.508 e. The molecule has 33 heavy (non-hydrogen) atoms. The lowest BCUT2D eigenvalue weighted by Gasteiger charge is -2.38. The van der Waals surface area contributed by atoms with E-state index in [-0.39, 0.29) is 5.75 Å². The molecule has 3 aromatic rings. The zero-order chi connectivity index (χ0) is 23.1. The number of phenols is 1. The molecular formula is C26H28N2O5. The van der Waals surface area contributed by atoms with Crippen LogP contribution in [0.5, 0.6) is 17.2 Å². The third-order valence-electron chi connectivity index (χ3n) is 5.82. The molecule has 7 nitrogen and oxygen atoms in total. The quantitative estimate of drug-likeness (QED) is 0.465. The van der Waals surface area contributed by atoms with Crippen molar-refractivity contribution in [2.75, 3.05) is 31.6 Å². The Morgan fingerprint density at radius 2 is 1.55 bits per heavy atom. The van der Waals surface area contributed by atoms with Crippen LogP contribution in [0, 0.1) is 0 Å². The SMILES string of the molecule is O=C(Nc1ccc(O)cc1)Oc1ccc(OCCN2CCC(O)(c3ccccc3)CC2)cc1. The lowest BCUT2D eigenvalue weighted by atomic mass is 9.84. The van der Waals surface area contributed by atoms with Crippen LogP contribution in [0.3, 0.4) is 0 Å². The summed E-state index contributed by atoms with van der Waals surface area (Å²) < 4.78 is 11.1. The molecule has 1 fully saturated rings. The van der Waals surface area contributed by atoms with Gasteiger partial charge >= 0.3 is 6.09 Å². The van der Waals surface area contributed by atoms with Crippen LogP contribution in [0.1, 0.15) is 18.4 Å². The summed E-state index contributed by atoms with van der Waals surface area (Å²) in [6.07, 6.45) is 0.791. The standard InChI is InChI=1S/C26H28N2O5/c29-22-8-6-21(7-9-22)27-25(30)33-24-12-10-23(11-13-24)32-19-18-28-16-14-26(31,15-17-28)20-4-2-1-3-5-20/h1-13,29,31H,14-19H2,(H,27,30). The first kappa shape index (κ1) is 22.6. The number of hydrogen-bond donors (Lipinski definition) is 3. The van der Waals surface area contributed by atoms with E-state index in [0.717, 1.165) is 25.2 Å². The number of rotatable bonds is 7. The molecule has 0 saturated carbocycles. The first-order chi connectivity index (χ1) is 16.0. The van der Waals surface area contributed by atoms with Gasteiger partial charge in [0.05, 0.1) is 5.60 Å². The molecule has 172 valence electrons. The number of hydrogen-bond acceptors (Lipinski definition) is 6. The molecule has 0 unspecified atom stereocenters. The zero-order valence-corrected chi connectivity index (χ0v) is 18.3. The van der Waals surface area contributed by atoms with Gasteiger partial charge in [-0.1, -0.05) is 30.3 Å². The number of nitrogens with one attached hydrogen (secondary N) is 1. The van der Waals surface area contributed by atoms with E-state index in [1.54, 1.807) is 36.4 Å². The van der Waals surface area contributed by atoms with E-state index in [2.05, 4.69) is 10.2 Å². The van der Waals surface area contributed by atoms with Gasteiger partial charge in [-0.3, -0.25) is 10.2 Å². The van der Waals surface area contributed by atoms with Gasteiger partial charge in [0.15, 0.2) is 0 Å². The maximum atomic E-state index is 12.0. The van der Waals surface area contributed by atoms with Gasteiger partial charge in [-0.15, -0.1) is 0 Å². The van der Waals surface area contributed by atoms with Crippen LogP contribution in [-0.4, -0.2) is 47.4 Å². The van der Waals surface area contributed by atoms with E-state index in [9.17, 15) is 15.0 Å². The predicted molar refractivity (Wildman–Crippen MR) is 126 cm³/mol. The molecule has 0 bridgehead atoms. The van der Waals surface area contributed by atoms with Crippen LogP contribution in [0.4, 0.5) is 10.5 Å². The van der Waals surface area contributed by atoms with Crippen molar-refractivity contribution in [3.05, 3.63) is 84.4 Å². The number of amides is 1. The van der Waals surface area contributed by atoms with Gasteiger partial charge < -0.3 is 19.7 Å². The van der Waals surface area contributed by atoms with Gasteiger partial charge in [-0.2, -0.15) is 0 Å². The van der Waals surface area contributed by atoms with Crippen molar-refractivity contribution in [1.29, 1.82) is 0 Å². The van der Waals surface area contributed by atoms with E-state index < -0.39 is 11.7 Å². The van der Waals surface area contributed by atoms with E-state index in [0.29, 0.717) is 36.6 Å². The number of phenolic OH excluding ortho intramolecular Hbond substituents is 1. The summed E-state index contributed by atoms with van der Waals surface area (Å²) in [5.41, 5.74) is 0.765. The normalized spacial score (nSPS) is 15.5. The van der Waals surface area contributed by atoms with Crippen molar-refractivity contribution in [3.8, 4) is 17.2 Å². The Morgan fingerprint density at radius 3 is 2.21 bits per heavy atom. The van der Waals surface area contributed by atoms with Crippen molar-refractivity contribution in [3.63, 3.8) is 0 Å². The molecule has 0 aromatic heterocycles. The number of carbonyl (C=O) groups excluding carboxylic acids is 1. The lowest BCUT2D eigenvalue weighted by Crippen LogP contribution is -2.43. The van der Waals surface area contributed by atoms with E-state index in [4.69, 9.17) is 9.47 Å². The minimum absolute atomic E-state index is 0.124. The third kappa shape index (κ3) is 6.25. The summed E-state index contributed by atoms with van der Waals surface area (Å²) >= 11 is 0. The summed E-state index contributed by atoms with van der Waals surface area (Å²) in [4.78, 5) is 14.3. The van der Waals surface area contributed by atoms with Gasteiger partial charge in [0.2, 0.25) is 0 Å². The van der Waals surface area contributed by atoms with E-state index in [1.807, 2.05) is 30.3 Å². The van der Waals surface area contributed by atoms with Crippen molar-refractivity contribution in [2.24, 2.45) is 0 Å². The maximum absolute atomic E-state index is 12.0. The number of aromatic hydroxyl groups is 1. The van der Waals surface area contributed by atoms with Crippen molar-refractivity contribution in [2.45, 2.75) is 18.4 Å². The van der Waals surface area contributed by atoms with E-state index in [1.165, 1.54) is 12.1 Å². The fourth-order valence-electron chi connectivity index (χ4n) is 3.88. The second-order valence-corrected chi connectivity index (χ2v) is 8.12. The molecule has 0 aliphatic carbocycles. The Bertz CT molecular complexity index is 1030. The molecule has 4 rings (SSSR count). The van der Waals surface area contributed by atoms with Gasteiger partial charge in [0.25, 0.3) is 0 Å². The van der Waals surface area contributed by atoms with Crippen LogP contribution in [-0.2, 0) is 5.60 Å². The Morgan fingerprint density at radius 1 is 0.909 bits per heavy atom. The molecule has 3 N–H and O–H groups in total. The van der Waals surface area contributed by atoms with Gasteiger partial charge in [0, 0.05) is 25.3 Å². The summed E-state index contributed by atoms with van der Waals surface area (Å²) in [5, 5.41) is 22.8. The molecule has 0 spiro atoms. The van der Waals surface area contributed by atoms with Crippen LogP contribution >= 0.6 is 0 Å². The molecule has 3 aromatic carbocycles. The molecule has 1 heterocycles. The average molecular weight is 449 g/mol. The van der Waals surface area contributed by atoms with Gasteiger partial charge in [-0.05, 0) is 66.9 Å². The number of benzene rings is 3. The highest BCUT2D eigenvalue weighted by Gasteiger charge is 2.33. The summed E-state index contributed by atoms with van der Waals surface area (Å²) in [5.74, 6) is 1.22. The zero-order valence-electron chi connectivity index (χ0n) is 18.3. The Kier molecular flexibility index (Phi) is 7.12. The van der Waals surface area contributed by atoms with Gasteiger partial charge in [-0.25, -0.2) is 4.79 Å². The Hall–Kier alpha value is -3.55. The number of aliphatic hydroxyl groups is 1. The monoisotopic (exact) mass is 448 g/mol. The van der Waals surface area contributed by atoms with Crippen molar-refractivity contribution in [1.82, 2.24) is 4.90 Å². The third-order valence-corrected chi connectivity index (χ3v) is 5.82. The highest BCUT2D eigenvalue weighted by molar-refractivity contribution is 5.86. The number of ether oxygens (including phenoxy) is 2. The molecule has 1 aliphatic heterocycles. The summed E-state index contributed by atoms with van der Waals surface area (Å²) in [6, 6.07) is 22.9.